The van der Waals surface area contributed by atoms with Crippen molar-refractivity contribution in [3.63, 3.8) is 0 Å². The summed E-state index contributed by atoms with van der Waals surface area (Å²) in [6.07, 6.45) is 9.60. The van der Waals surface area contributed by atoms with Crippen LogP contribution < -0.4 is 0 Å². The minimum absolute atomic E-state index is 0. The summed E-state index contributed by atoms with van der Waals surface area (Å²) in [5.74, 6) is 1.73. The first-order chi connectivity index (χ1) is 8.42. The SMILES string of the molecule is C.CCC.CCCC(CC)(CC)CCC(C)C(C)C. The molecule has 0 nitrogen and oxygen atoms in total. The zero-order chi connectivity index (χ0) is 14.6. The third kappa shape index (κ3) is 11.5. The lowest BCUT2D eigenvalue weighted by Crippen LogP contribution is -2.20. The Morgan fingerprint density at radius 3 is 1.47 bits per heavy atom. The topological polar surface area (TPSA) is 0 Å². The van der Waals surface area contributed by atoms with Crippen LogP contribution in [-0.4, -0.2) is 0 Å². The van der Waals surface area contributed by atoms with Crippen LogP contribution in [0, 0.1) is 17.3 Å². The van der Waals surface area contributed by atoms with Gasteiger partial charge >= 0.3 is 0 Å². The van der Waals surface area contributed by atoms with Gasteiger partial charge in [0.25, 0.3) is 0 Å². The highest BCUT2D eigenvalue weighted by Crippen LogP contribution is 2.38. The van der Waals surface area contributed by atoms with Crippen molar-refractivity contribution in [2.24, 2.45) is 17.3 Å². The maximum absolute atomic E-state index is 2.41. The molecule has 0 aromatic heterocycles. The molecule has 19 heavy (non-hydrogen) atoms. The Balaban J connectivity index is -0.000000580. The van der Waals surface area contributed by atoms with Gasteiger partial charge in [0.15, 0.2) is 0 Å². The van der Waals surface area contributed by atoms with Crippen molar-refractivity contribution >= 4 is 0 Å². The lowest BCUT2D eigenvalue weighted by molar-refractivity contribution is 0.188. The predicted molar refractivity (Wildman–Crippen MR) is 93.9 cm³/mol. The Bertz CT molecular complexity index is 153. The largest absolute Gasteiger partial charge is 0.0776 e. The van der Waals surface area contributed by atoms with E-state index in [0.717, 1.165) is 11.8 Å². The van der Waals surface area contributed by atoms with Crippen LogP contribution in [-0.2, 0) is 0 Å². The summed E-state index contributed by atoms with van der Waals surface area (Å²) >= 11 is 0. The molecule has 120 valence electrons. The number of hydrogen-bond acceptors (Lipinski definition) is 0. The normalized spacial score (nSPS) is 12.5. The van der Waals surface area contributed by atoms with E-state index in [1.54, 1.807) is 0 Å². The summed E-state index contributed by atoms with van der Waals surface area (Å²) in [4.78, 5) is 0. The van der Waals surface area contributed by atoms with E-state index in [9.17, 15) is 0 Å². The van der Waals surface area contributed by atoms with Crippen LogP contribution in [0.1, 0.15) is 108 Å². The molecule has 0 fully saturated rings. The molecule has 1 atom stereocenters. The van der Waals surface area contributed by atoms with Crippen molar-refractivity contribution in [1.82, 2.24) is 0 Å². The molecule has 1 unspecified atom stereocenters. The average Bonchev–Trinajstić information content (AvgIpc) is 2.35. The highest BCUT2D eigenvalue weighted by Gasteiger charge is 2.25. The van der Waals surface area contributed by atoms with Gasteiger partial charge in [0.05, 0.1) is 0 Å². The summed E-state index contributed by atoms with van der Waals surface area (Å²) in [6.45, 7) is 18.4. The Hall–Kier alpha value is 0. The van der Waals surface area contributed by atoms with E-state index in [0.29, 0.717) is 5.41 Å². The third-order valence-electron chi connectivity index (χ3n) is 4.55. The van der Waals surface area contributed by atoms with Crippen LogP contribution in [0.5, 0.6) is 0 Å². The standard InChI is InChI=1S/C15H32.C3H8.CH4/c1-7-11-15(8-2,9-3)12-10-14(6)13(4)5;1-3-2;/h13-14H,7-12H2,1-6H3;3H2,1-2H3;1H4. The average molecular weight is 273 g/mol. The van der Waals surface area contributed by atoms with Gasteiger partial charge in [-0.15, -0.1) is 0 Å². The van der Waals surface area contributed by atoms with Crippen molar-refractivity contribution < 1.29 is 0 Å². The zero-order valence-corrected chi connectivity index (χ0v) is 14.6. The summed E-state index contributed by atoms with van der Waals surface area (Å²) in [5, 5.41) is 0. The minimum Gasteiger partial charge on any atom is -0.0776 e. The molecule has 0 heteroatoms. The fourth-order valence-electron chi connectivity index (χ4n) is 2.48. The van der Waals surface area contributed by atoms with Gasteiger partial charge in [-0.2, -0.15) is 0 Å². The van der Waals surface area contributed by atoms with Crippen molar-refractivity contribution in [3.05, 3.63) is 0 Å². The first kappa shape index (κ1) is 24.0. The molecule has 0 aliphatic carbocycles. The molecule has 0 radical (unpaired) electrons. The van der Waals surface area contributed by atoms with Gasteiger partial charge in [-0.05, 0) is 36.5 Å². The van der Waals surface area contributed by atoms with E-state index >= 15 is 0 Å². The van der Waals surface area contributed by atoms with Crippen molar-refractivity contribution in [2.45, 2.75) is 108 Å². The molecule has 0 aromatic carbocycles. The molecule has 0 rings (SSSR count). The summed E-state index contributed by atoms with van der Waals surface area (Å²) < 4.78 is 0. The van der Waals surface area contributed by atoms with Gasteiger partial charge < -0.3 is 0 Å². The van der Waals surface area contributed by atoms with Gasteiger partial charge in [0.2, 0.25) is 0 Å². The van der Waals surface area contributed by atoms with E-state index in [4.69, 9.17) is 0 Å². The lowest BCUT2D eigenvalue weighted by atomic mass is 9.73. The second-order valence-electron chi connectivity index (χ2n) is 6.42. The molecule has 0 amide bonds. The monoisotopic (exact) mass is 272 g/mol. The lowest BCUT2D eigenvalue weighted by Gasteiger charge is -2.33. The van der Waals surface area contributed by atoms with Crippen LogP contribution in [0.4, 0.5) is 0 Å². The van der Waals surface area contributed by atoms with Crippen LogP contribution >= 0.6 is 0 Å². The van der Waals surface area contributed by atoms with Crippen molar-refractivity contribution in [1.29, 1.82) is 0 Å². The van der Waals surface area contributed by atoms with Gasteiger partial charge in [0.1, 0.15) is 0 Å². The molecule has 0 saturated heterocycles. The van der Waals surface area contributed by atoms with E-state index in [1.165, 1.54) is 44.9 Å². The quantitative estimate of drug-likeness (QED) is 0.424. The molecule has 0 spiro atoms. The van der Waals surface area contributed by atoms with E-state index < -0.39 is 0 Å². The van der Waals surface area contributed by atoms with Crippen LogP contribution in [0.3, 0.4) is 0 Å². The maximum Gasteiger partial charge on any atom is -0.0303 e. The molecular formula is C19H44. The molecule has 0 bridgehead atoms. The van der Waals surface area contributed by atoms with Crippen LogP contribution in [0.25, 0.3) is 0 Å². The first-order valence-electron chi connectivity index (χ1n) is 8.42. The van der Waals surface area contributed by atoms with Crippen LogP contribution in [0.15, 0.2) is 0 Å². The highest BCUT2D eigenvalue weighted by atomic mass is 14.3. The smallest absolute Gasteiger partial charge is 0.0303 e. The molecule has 0 heterocycles. The Kier molecular flexibility index (Phi) is 18.2. The fraction of sp³-hybridized carbons (Fsp3) is 1.00. The number of hydrogen-bond donors (Lipinski definition) is 0. The van der Waals surface area contributed by atoms with Crippen molar-refractivity contribution in [2.75, 3.05) is 0 Å². The third-order valence-corrected chi connectivity index (χ3v) is 4.55. The highest BCUT2D eigenvalue weighted by molar-refractivity contribution is 4.77. The first-order valence-corrected chi connectivity index (χ1v) is 8.42. The van der Waals surface area contributed by atoms with E-state index in [-0.39, 0.29) is 7.43 Å². The van der Waals surface area contributed by atoms with E-state index in [2.05, 4.69) is 55.4 Å². The second-order valence-corrected chi connectivity index (χ2v) is 6.42. The Labute approximate surface area is 125 Å². The zero-order valence-electron chi connectivity index (χ0n) is 14.6. The van der Waals surface area contributed by atoms with Gasteiger partial charge in [-0.1, -0.05) is 88.5 Å². The summed E-state index contributed by atoms with van der Waals surface area (Å²) in [5.41, 5.74) is 0.651. The summed E-state index contributed by atoms with van der Waals surface area (Å²) in [7, 11) is 0. The fourth-order valence-corrected chi connectivity index (χ4v) is 2.48. The Morgan fingerprint density at radius 2 is 1.21 bits per heavy atom. The van der Waals surface area contributed by atoms with Gasteiger partial charge in [0, 0.05) is 0 Å². The molecule has 0 N–H and O–H groups in total. The summed E-state index contributed by atoms with van der Waals surface area (Å²) in [6, 6.07) is 0. The van der Waals surface area contributed by atoms with E-state index in [1.807, 2.05) is 0 Å². The number of rotatable bonds is 8. The molecular weight excluding hydrogens is 228 g/mol. The van der Waals surface area contributed by atoms with Gasteiger partial charge in [-0.25, -0.2) is 0 Å². The molecule has 0 aromatic rings. The minimum atomic E-state index is 0. The van der Waals surface area contributed by atoms with Crippen LogP contribution in [0.2, 0.25) is 0 Å². The maximum atomic E-state index is 2.41. The molecule has 0 saturated carbocycles. The van der Waals surface area contributed by atoms with Crippen molar-refractivity contribution in [3.8, 4) is 0 Å². The molecule has 0 aliphatic rings. The Morgan fingerprint density at radius 1 is 0.789 bits per heavy atom. The van der Waals surface area contributed by atoms with Gasteiger partial charge in [-0.3, -0.25) is 0 Å². The molecule has 0 aliphatic heterocycles. The predicted octanol–water partition coefficient (Wildman–Crippen LogP) is 7.72. The second kappa shape index (κ2) is 14.4.